The van der Waals surface area contributed by atoms with Crippen molar-refractivity contribution in [3.05, 3.63) is 23.6 Å². The van der Waals surface area contributed by atoms with Gasteiger partial charge in [0, 0.05) is 11.8 Å². The molecule has 0 fully saturated rings. The van der Waals surface area contributed by atoms with Crippen molar-refractivity contribution < 1.29 is 9.18 Å². The van der Waals surface area contributed by atoms with E-state index in [0.717, 1.165) is 24.4 Å². The van der Waals surface area contributed by atoms with Crippen LogP contribution in [0.4, 0.5) is 10.2 Å². The number of hydrogen-bond acceptors (Lipinski definition) is 4. The van der Waals surface area contributed by atoms with E-state index in [4.69, 9.17) is 5.73 Å². The zero-order valence-corrected chi connectivity index (χ0v) is 10.7. The number of halogens is 1. The van der Waals surface area contributed by atoms with E-state index < -0.39 is 5.82 Å². The van der Waals surface area contributed by atoms with Crippen LogP contribution in [0.5, 0.6) is 0 Å². The van der Waals surface area contributed by atoms with Crippen LogP contribution < -0.4 is 11.1 Å². The summed E-state index contributed by atoms with van der Waals surface area (Å²) in [6.07, 6.45) is 3.77. The Morgan fingerprint density at radius 2 is 2.41 bits per heavy atom. The lowest BCUT2D eigenvalue weighted by molar-refractivity contribution is 0.0940. The first-order valence-electron chi connectivity index (χ1n) is 5.29. The van der Waals surface area contributed by atoms with E-state index >= 15 is 0 Å². The summed E-state index contributed by atoms with van der Waals surface area (Å²) in [4.78, 5) is 15.5. The normalized spacial score (nSPS) is 12.2. The molecule has 3 N–H and O–H groups in total. The highest BCUT2D eigenvalue weighted by Crippen LogP contribution is 2.11. The van der Waals surface area contributed by atoms with E-state index in [1.807, 2.05) is 13.2 Å². The van der Waals surface area contributed by atoms with Gasteiger partial charge in [0.1, 0.15) is 11.6 Å². The summed E-state index contributed by atoms with van der Waals surface area (Å²) in [5.74, 6) is -0.0918. The third-order valence-corrected chi connectivity index (χ3v) is 3.06. The fourth-order valence-corrected chi connectivity index (χ4v) is 2.08. The predicted octanol–water partition coefficient (Wildman–Crippen LogP) is 1.67. The second kappa shape index (κ2) is 6.44. The third-order valence-electron chi connectivity index (χ3n) is 2.33. The number of hydrogen-bond donors (Lipinski definition) is 2. The number of aromatic nitrogens is 1. The lowest BCUT2D eigenvalue weighted by Gasteiger charge is -2.16. The number of pyridine rings is 1. The number of nitrogens with zero attached hydrogens (tertiary/aromatic N) is 1. The molecule has 0 aliphatic carbocycles. The van der Waals surface area contributed by atoms with Crippen molar-refractivity contribution in [1.29, 1.82) is 0 Å². The molecular formula is C11H16FN3OS. The Morgan fingerprint density at radius 1 is 1.71 bits per heavy atom. The standard InChI is InChI=1S/C11H16FN3OS/c1-3-8(6-17-2)15-11(16)9-4-7(12)5-14-10(9)13/h4-5,8H,3,6H2,1-2H3,(H2,13,14)(H,15,16). The van der Waals surface area contributed by atoms with Crippen LogP contribution in [0.3, 0.4) is 0 Å². The molecule has 1 amide bonds. The molecule has 0 saturated heterocycles. The largest absolute Gasteiger partial charge is 0.383 e. The fraction of sp³-hybridized carbons (Fsp3) is 0.455. The van der Waals surface area contributed by atoms with Gasteiger partial charge in [0.2, 0.25) is 0 Å². The average molecular weight is 257 g/mol. The number of rotatable bonds is 5. The first-order chi connectivity index (χ1) is 8.08. The molecular weight excluding hydrogens is 241 g/mol. The maximum absolute atomic E-state index is 13.0. The topological polar surface area (TPSA) is 68.0 Å². The minimum atomic E-state index is -0.567. The Bertz CT molecular complexity index is 400. The zero-order valence-electron chi connectivity index (χ0n) is 9.87. The van der Waals surface area contributed by atoms with Crippen LogP contribution in [0.1, 0.15) is 23.7 Å². The van der Waals surface area contributed by atoms with Gasteiger partial charge < -0.3 is 11.1 Å². The molecule has 0 radical (unpaired) electrons. The summed E-state index contributed by atoms with van der Waals surface area (Å²) in [6.45, 7) is 1.98. The van der Waals surface area contributed by atoms with Crippen molar-refractivity contribution in [2.45, 2.75) is 19.4 Å². The smallest absolute Gasteiger partial charge is 0.255 e. The monoisotopic (exact) mass is 257 g/mol. The molecule has 0 bridgehead atoms. The van der Waals surface area contributed by atoms with E-state index in [2.05, 4.69) is 10.3 Å². The second-order valence-corrected chi connectivity index (χ2v) is 4.53. The van der Waals surface area contributed by atoms with E-state index in [1.165, 1.54) is 0 Å². The molecule has 0 aliphatic rings. The molecule has 0 spiro atoms. The van der Waals surface area contributed by atoms with Crippen molar-refractivity contribution in [3.63, 3.8) is 0 Å². The summed E-state index contributed by atoms with van der Waals surface area (Å²) in [5, 5.41) is 2.81. The van der Waals surface area contributed by atoms with Crippen LogP contribution in [-0.2, 0) is 0 Å². The number of nitrogen functional groups attached to an aromatic ring is 1. The number of thioether (sulfide) groups is 1. The molecule has 0 saturated carbocycles. The number of carbonyl (C=O) groups excluding carboxylic acids is 1. The van der Waals surface area contributed by atoms with Gasteiger partial charge in [-0.3, -0.25) is 4.79 Å². The van der Waals surface area contributed by atoms with Crippen molar-refractivity contribution in [2.24, 2.45) is 0 Å². The summed E-state index contributed by atoms with van der Waals surface area (Å²) < 4.78 is 13.0. The quantitative estimate of drug-likeness (QED) is 0.842. The van der Waals surface area contributed by atoms with E-state index in [9.17, 15) is 9.18 Å². The third kappa shape index (κ3) is 3.89. The molecule has 1 unspecified atom stereocenters. The molecule has 1 rings (SSSR count). The fourth-order valence-electron chi connectivity index (χ4n) is 1.36. The molecule has 1 atom stereocenters. The van der Waals surface area contributed by atoms with Crippen LogP contribution in [0, 0.1) is 5.82 Å². The minimum Gasteiger partial charge on any atom is -0.383 e. The van der Waals surface area contributed by atoms with Crippen molar-refractivity contribution in [1.82, 2.24) is 10.3 Å². The van der Waals surface area contributed by atoms with Crippen molar-refractivity contribution in [2.75, 3.05) is 17.7 Å². The first kappa shape index (κ1) is 13.8. The highest BCUT2D eigenvalue weighted by atomic mass is 32.2. The van der Waals surface area contributed by atoms with Gasteiger partial charge in [-0.25, -0.2) is 9.37 Å². The Balaban J connectivity index is 2.78. The molecule has 0 aromatic carbocycles. The van der Waals surface area contributed by atoms with Crippen molar-refractivity contribution in [3.8, 4) is 0 Å². The second-order valence-electron chi connectivity index (χ2n) is 3.62. The summed E-state index contributed by atoms with van der Waals surface area (Å²) in [6, 6.07) is 1.16. The molecule has 1 aromatic rings. The number of amides is 1. The maximum Gasteiger partial charge on any atom is 0.255 e. The van der Waals surface area contributed by atoms with Gasteiger partial charge in [0.25, 0.3) is 5.91 Å². The maximum atomic E-state index is 13.0. The van der Waals surface area contributed by atoms with Crippen LogP contribution >= 0.6 is 11.8 Å². The Labute approximate surface area is 104 Å². The number of nitrogens with two attached hydrogens (primary N) is 1. The molecule has 17 heavy (non-hydrogen) atoms. The van der Waals surface area contributed by atoms with Crippen LogP contribution in [-0.4, -0.2) is 28.9 Å². The Kier molecular flexibility index (Phi) is 5.21. The van der Waals surface area contributed by atoms with Gasteiger partial charge >= 0.3 is 0 Å². The molecule has 1 aromatic heterocycles. The molecule has 6 heteroatoms. The van der Waals surface area contributed by atoms with Gasteiger partial charge in [-0.1, -0.05) is 6.92 Å². The molecule has 1 heterocycles. The Hall–Kier alpha value is -1.30. The first-order valence-corrected chi connectivity index (χ1v) is 6.68. The van der Waals surface area contributed by atoms with Crippen LogP contribution in [0.25, 0.3) is 0 Å². The van der Waals surface area contributed by atoms with Gasteiger partial charge in [0.15, 0.2) is 0 Å². The highest BCUT2D eigenvalue weighted by molar-refractivity contribution is 7.98. The predicted molar refractivity (Wildman–Crippen MR) is 68.5 cm³/mol. The van der Waals surface area contributed by atoms with E-state index in [-0.39, 0.29) is 23.3 Å². The van der Waals surface area contributed by atoms with Crippen LogP contribution in [0.15, 0.2) is 12.3 Å². The number of anilines is 1. The summed E-state index contributed by atoms with van der Waals surface area (Å²) >= 11 is 1.64. The van der Waals surface area contributed by atoms with Crippen molar-refractivity contribution >= 4 is 23.5 Å². The average Bonchev–Trinajstić information content (AvgIpc) is 2.31. The van der Waals surface area contributed by atoms with Gasteiger partial charge in [-0.2, -0.15) is 11.8 Å². The molecule has 4 nitrogen and oxygen atoms in total. The summed E-state index contributed by atoms with van der Waals surface area (Å²) in [7, 11) is 0. The minimum absolute atomic E-state index is 0.0444. The van der Waals surface area contributed by atoms with E-state index in [1.54, 1.807) is 11.8 Å². The lowest BCUT2D eigenvalue weighted by Crippen LogP contribution is -2.36. The zero-order chi connectivity index (χ0) is 12.8. The number of carbonyl (C=O) groups is 1. The molecule has 94 valence electrons. The lowest BCUT2D eigenvalue weighted by atomic mass is 10.2. The van der Waals surface area contributed by atoms with Gasteiger partial charge in [-0.15, -0.1) is 0 Å². The van der Waals surface area contributed by atoms with Gasteiger partial charge in [-0.05, 0) is 18.7 Å². The summed E-state index contributed by atoms with van der Waals surface area (Å²) in [5.41, 5.74) is 5.63. The highest BCUT2D eigenvalue weighted by Gasteiger charge is 2.15. The molecule has 0 aliphatic heterocycles. The van der Waals surface area contributed by atoms with Crippen LogP contribution in [0.2, 0.25) is 0 Å². The van der Waals surface area contributed by atoms with E-state index in [0.29, 0.717) is 0 Å². The number of nitrogens with one attached hydrogen (secondary N) is 1. The van der Waals surface area contributed by atoms with Gasteiger partial charge in [0.05, 0.1) is 11.8 Å². The SMILES string of the molecule is CCC(CSC)NC(=O)c1cc(F)cnc1N. The Morgan fingerprint density at radius 3 is 3.00 bits per heavy atom.